The average Bonchev–Trinajstić information content (AvgIpc) is 2.70. The quantitative estimate of drug-likeness (QED) is 0.771. The van der Waals surface area contributed by atoms with Crippen molar-refractivity contribution < 1.29 is 23.4 Å². The number of carboxylic acid groups (broad SMARTS) is 1. The SMILES string of the molecule is CS(=O)(=O)c1cccnc1N1CC(O)CC1C(=O)O. The van der Waals surface area contributed by atoms with Crippen molar-refractivity contribution in [3.63, 3.8) is 0 Å². The molecular formula is C11H14N2O5S. The van der Waals surface area contributed by atoms with Gasteiger partial charge in [0.15, 0.2) is 9.84 Å². The third kappa shape index (κ3) is 2.69. The zero-order chi connectivity index (χ0) is 14.2. The van der Waals surface area contributed by atoms with Crippen LogP contribution in [0.3, 0.4) is 0 Å². The van der Waals surface area contributed by atoms with E-state index in [2.05, 4.69) is 4.98 Å². The van der Waals surface area contributed by atoms with Crippen LogP contribution in [-0.2, 0) is 14.6 Å². The predicted molar refractivity (Wildman–Crippen MR) is 66.7 cm³/mol. The van der Waals surface area contributed by atoms with Crippen LogP contribution in [0, 0.1) is 0 Å². The largest absolute Gasteiger partial charge is 0.480 e. The lowest BCUT2D eigenvalue weighted by Crippen LogP contribution is -2.37. The van der Waals surface area contributed by atoms with E-state index < -0.39 is 28.0 Å². The first-order valence-electron chi connectivity index (χ1n) is 5.63. The van der Waals surface area contributed by atoms with E-state index in [1.807, 2.05) is 0 Å². The van der Waals surface area contributed by atoms with Crippen molar-refractivity contribution in [1.29, 1.82) is 0 Å². The molecule has 104 valence electrons. The number of β-amino-alcohol motifs (C(OH)–C–C–N with tert-alkyl or cyclic N) is 1. The van der Waals surface area contributed by atoms with E-state index >= 15 is 0 Å². The highest BCUT2D eigenvalue weighted by molar-refractivity contribution is 7.90. The van der Waals surface area contributed by atoms with E-state index in [1.165, 1.54) is 23.2 Å². The Balaban J connectivity index is 2.50. The number of sulfone groups is 1. The van der Waals surface area contributed by atoms with Crippen LogP contribution in [0.5, 0.6) is 0 Å². The molecule has 7 nitrogen and oxygen atoms in total. The Hall–Kier alpha value is -1.67. The summed E-state index contributed by atoms with van der Waals surface area (Å²) < 4.78 is 23.4. The highest BCUT2D eigenvalue weighted by Gasteiger charge is 2.38. The molecule has 1 aliphatic heterocycles. The van der Waals surface area contributed by atoms with E-state index in [0.29, 0.717) is 0 Å². The first-order chi connectivity index (χ1) is 8.80. The number of aliphatic hydroxyl groups is 1. The highest BCUT2D eigenvalue weighted by Crippen LogP contribution is 2.29. The molecule has 0 spiro atoms. The van der Waals surface area contributed by atoms with Gasteiger partial charge in [0.25, 0.3) is 0 Å². The van der Waals surface area contributed by atoms with Gasteiger partial charge in [-0.1, -0.05) is 0 Å². The van der Waals surface area contributed by atoms with Gasteiger partial charge in [0.2, 0.25) is 0 Å². The molecule has 1 aliphatic rings. The first-order valence-corrected chi connectivity index (χ1v) is 7.52. The standard InChI is InChI=1S/C11H14N2O5S/c1-19(17,18)9-3-2-4-12-10(9)13-6-7(14)5-8(13)11(15)16/h2-4,7-8,14H,5-6H2,1H3,(H,15,16). The van der Waals surface area contributed by atoms with Crippen LogP contribution in [0.1, 0.15) is 6.42 Å². The second-order valence-corrected chi connectivity index (χ2v) is 6.48. The normalized spacial score (nSPS) is 23.6. The number of rotatable bonds is 3. The molecule has 1 saturated heterocycles. The Bertz CT molecular complexity index is 601. The lowest BCUT2D eigenvalue weighted by molar-refractivity contribution is -0.138. The Morgan fingerprint density at radius 2 is 2.21 bits per heavy atom. The van der Waals surface area contributed by atoms with Gasteiger partial charge in [-0.15, -0.1) is 0 Å². The summed E-state index contributed by atoms with van der Waals surface area (Å²) in [6.07, 6.45) is 1.67. The van der Waals surface area contributed by atoms with Crippen molar-refractivity contribution >= 4 is 21.6 Å². The van der Waals surface area contributed by atoms with Crippen molar-refractivity contribution in [1.82, 2.24) is 4.98 Å². The minimum absolute atomic E-state index is 0.0321. The topological polar surface area (TPSA) is 108 Å². The number of nitrogens with zero attached hydrogens (tertiary/aromatic N) is 2. The molecule has 0 saturated carbocycles. The molecule has 1 fully saturated rings. The fourth-order valence-electron chi connectivity index (χ4n) is 2.17. The lowest BCUT2D eigenvalue weighted by atomic mass is 10.2. The maximum absolute atomic E-state index is 11.7. The summed E-state index contributed by atoms with van der Waals surface area (Å²) >= 11 is 0. The van der Waals surface area contributed by atoms with Gasteiger partial charge >= 0.3 is 5.97 Å². The molecule has 8 heteroatoms. The fraction of sp³-hybridized carbons (Fsp3) is 0.455. The zero-order valence-electron chi connectivity index (χ0n) is 10.2. The zero-order valence-corrected chi connectivity index (χ0v) is 11.0. The van der Waals surface area contributed by atoms with Crippen LogP contribution in [0.4, 0.5) is 5.82 Å². The van der Waals surface area contributed by atoms with Gasteiger partial charge in [-0.25, -0.2) is 18.2 Å². The number of aliphatic hydroxyl groups excluding tert-OH is 1. The summed E-state index contributed by atoms with van der Waals surface area (Å²) in [5, 5.41) is 18.7. The van der Waals surface area contributed by atoms with Gasteiger partial charge in [0.05, 0.1) is 6.10 Å². The number of carbonyl (C=O) groups is 1. The number of aliphatic carboxylic acids is 1. The number of hydrogen-bond acceptors (Lipinski definition) is 6. The highest BCUT2D eigenvalue weighted by atomic mass is 32.2. The number of aromatic nitrogens is 1. The predicted octanol–water partition coefficient (Wildman–Crippen LogP) is -0.491. The fourth-order valence-corrected chi connectivity index (χ4v) is 3.00. The van der Waals surface area contributed by atoms with Crippen LogP contribution in [-0.4, -0.2) is 54.5 Å². The number of anilines is 1. The van der Waals surface area contributed by atoms with Gasteiger partial charge in [0, 0.05) is 25.4 Å². The summed E-state index contributed by atoms with van der Waals surface area (Å²) in [5.41, 5.74) is 0. The van der Waals surface area contributed by atoms with E-state index in [1.54, 1.807) is 0 Å². The average molecular weight is 286 g/mol. The number of hydrogen-bond donors (Lipinski definition) is 2. The molecule has 0 amide bonds. The van der Waals surface area contributed by atoms with Crippen molar-refractivity contribution in [2.45, 2.75) is 23.5 Å². The molecule has 0 aliphatic carbocycles. The van der Waals surface area contributed by atoms with Crippen LogP contribution in [0.15, 0.2) is 23.2 Å². The second kappa shape index (κ2) is 4.78. The minimum atomic E-state index is -3.52. The molecule has 2 atom stereocenters. The van der Waals surface area contributed by atoms with Gasteiger partial charge in [-0.05, 0) is 12.1 Å². The van der Waals surface area contributed by atoms with Gasteiger partial charge in [-0.2, -0.15) is 0 Å². The van der Waals surface area contributed by atoms with E-state index in [4.69, 9.17) is 5.11 Å². The van der Waals surface area contributed by atoms with Crippen LogP contribution >= 0.6 is 0 Å². The van der Waals surface area contributed by atoms with Crippen LogP contribution < -0.4 is 4.90 Å². The van der Waals surface area contributed by atoms with E-state index in [-0.39, 0.29) is 23.7 Å². The number of carboxylic acids is 1. The van der Waals surface area contributed by atoms with Gasteiger partial charge in [0.1, 0.15) is 16.8 Å². The van der Waals surface area contributed by atoms with Gasteiger partial charge in [-0.3, -0.25) is 0 Å². The van der Waals surface area contributed by atoms with Gasteiger partial charge < -0.3 is 15.1 Å². The molecular weight excluding hydrogens is 272 g/mol. The van der Waals surface area contributed by atoms with Crippen molar-refractivity contribution in [2.24, 2.45) is 0 Å². The Morgan fingerprint density at radius 1 is 1.53 bits per heavy atom. The lowest BCUT2D eigenvalue weighted by Gasteiger charge is -2.23. The molecule has 2 heterocycles. The van der Waals surface area contributed by atoms with Crippen molar-refractivity contribution in [3.8, 4) is 0 Å². The molecule has 0 radical (unpaired) electrons. The third-order valence-corrected chi connectivity index (χ3v) is 4.10. The van der Waals surface area contributed by atoms with E-state index in [0.717, 1.165) is 6.26 Å². The van der Waals surface area contributed by atoms with Crippen molar-refractivity contribution in [2.75, 3.05) is 17.7 Å². The van der Waals surface area contributed by atoms with Crippen LogP contribution in [0.25, 0.3) is 0 Å². The molecule has 2 N–H and O–H groups in total. The molecule has 0 bridgehead atoms. The Morgan fingerprint density at radius 3 is 2.79 bits per heavy atom. The molecule has 19 heavy (non-hydrogen) atoms. The Labute approximate surface area is 110 Å². The summed E-state index contributed by atoms with van der Waals surface area (Å²) in [6, 6.07) is 1.88. The summed E-state index contributed by atoms with van der Waals surface area (Å²) in [7, 11) is -3.52. The molecule has 1 aromatic heterocycles. The summed E-state index contributed by atoms with van der Waals surface area (Å²) in [5.74, 6) is -1.03. The smallest absolute Gasteiger partial charge is 0.326 e. The maximum atomic E-state index is 11.7. The maximum Gasteiger partial charge on any atom is 0.326 e. The molecule has 0 aromatic carbocycles. The summed E-state index contributed by atoms with van der Waals surface area (Å²) in [4.78, 5) is 16.4. The van der Waals surface area contributed by atoms with E-state index in [9.17, 15) is 18.3 Å². The Kier molecular flexibility index (Phi) is 3.46. The second-order valence-electron chi connectivity index (χ2n) is 4.49. The first kappa shape index (κ1) is 13.8. The monoisotopic (exact) mass is 286 g/mol. The van der Waals surface area contributed by atoms with Crippen molar-refractivity contribution in [3.05, 3.63) is 18.3 Å². The minimum Gasteiger partial charge on any atom is -0.480 e. The summed E-state index contributed by atoms with van der Waals surface area (Å²) in [6.45, 7) is 0.0521. The molecule has 2 unspecified atom stereocenters. The molecule has 1 aromatic rings. The van der Waals surface area contributed by atoms with Crippen LogP contribution in [0.2, 0.25) is 0 Å². The molecule has 2 rings (SSSR count). The third-order valence-electron chi connectivity index (χ3n) is 2.99. The number of pyridine rings is 1.